The van der Waals surface area contributed by atoms with Crippen LogP contribution in [0.25, 0.3) is 0 Å². The van der Waals surface area contributed by atoms with E-state index in [1.807, 2.05) is 25.2 Å². The Morgan fingerprint density at radius 3 is 2.94 bits per heavy atom. The quantitative estimate of drug-likeness (QED) is 0.842. The molecule has 0 radical (unpaired) electrons. The zero-order valence-electron chi connectivity index (χ0n) is 10.8. The number of nitrogen functional groups attached to an aromatic ring is 1. The van der Waals surface area contributed by atoms with Crippen LogP contribution in [0.4, 0.5) is 10.8 Å². The number of benzene rings is 1. The molecule has 0 saturated heterocycles. The topological polar surface area (TPSA) is 55.0 Å². The van der Waals surface area contributed by atoms with Crippen molar-refractivity contribution in [2.75, 3.05) is 17.7 Å². The summed E-state index contributed by atoms with van der Waals surface area (Å²) in [6.45, 7) is 2.93. The van der Waals surface area contributed by atoms with E-state index in [0.29, 0.717) is 0 Å². The van der Waals surface area contributed by atoms with Gasteiger partial charge in [0.2, 0.25) is 5.13 Å². The van der Waals surface area contributed by atoms with Crippen molar-refractivity contribution in [3.63, 3.8) is 0 Å². The molecule has 96 valence electrons. The average molecular weight is 262 g/mol. The van der Waals surface area contributed by atoms with Crippen molar-refractivity contribution in [1.82, 2.24) is 9.36 Å². The molecule has 0 aliphatic carbocycles. The second kappa shape index (κ2) is 5.82. The van der Waals surface area contributed by atoms with Gasteiger partial charge in [0.1, 0.15) is 5.82 Å². The zero-order valence-corrected chi connectivity index (χ0v) is 11.6. The first kappa shape index (κ1) is 12.8. The lowest BCUT2D eigenvalue weighted by Gasteiger charge is -2.15. The second-order valence-corrected chi connectivity index (χ2v) is 5.07. The smallest absolute Gasteiger partial charge is 0.205 e. The highest BCUT2D eigenvalue weighted by Crippen LogP contribution is 2.19. The molecule has 4 nitrogen and oxygen atoms in total. The third-order valence-electron chi connectivity index (χ3n) is 2.63. The van der Waals surface area contributed by atoms with Gasteiger partial charge in [-0.2, -0.15) is 4.37 Å². The third-order valence-corrected chi connectivity index (χ3v) is 3.50. The number of hydrogen-bond donors (Lipinski definition) is 1. The molecule has 0 atom stereocenters. The van der Waals surface area contributed by atoms with Gasteiger partial charge >= 0.3 is 0 Å². The summed E-state index contributed by atoms with van der Waals surface area (Å²) in [5.41, 5.74) is 7.75. The van der Waals surface area contributed by atoms with Gasteiger partial charge < -0.3 is 10.6 Å². The van der Waals surface area contributed by atoms with E-state index in [2.05, 4.69) is 27.2 Å². The summed E-state index contributed by atoms with van der Waals surface area (Å²) in [5.74, 6) is 0.942. The highest BCUT2D eigenvalue weighted by atomic mass is 32.1. The maximum absolute atomic E-state index is 5.77. The fourth-order valence-electron chi connectivity index (χ4n) is 1.76. The maximum atomic E-state index is 5.77. The normalized spacial score (nSPS) is 10.6. The molecule has 2 N–H and O–H groups in total. The van der Waals surface area contributed by atoms with Gasteiger partial charge in [0, 0.05) is 37.2 Å². The minimum absolute atomic E-state index is 0.796. The van der Waals surface area contributed by atoms with Crippen molar-refractivity contribution in [2.45, 2.75) is 26.3 Å². The van der Waals surface area contributed by atoms with Crippen molar-refractivity contribution in [3.8, 4) is 0 Å². The Balaban J connectivity index is 2.04. The highest BCUT2D eigenvalue weighted by Gasteiger charge is 2.08. The van der Waals surface area contributed by atoms with Crippen molar-refractivity contribution >= 4 is 22.4 Å². The lowest BCUT2D eigenvalue weighted by atomic mass is 10.2. The summed E-state index contributed by atoms with van der Waals surface area (Å²) in [7, 11) is 2.03. The zero-order chi connectivity index (χ0) is 13.0. The first-order valence-electron chi connectivity index (χ1n) is 6.07. The van der Waals surface area contributed by atoms with Crippen molar-refractivity contribution in [2.24, 2.45) is 0 Å². The molecular weight excluding hydrogens is 244 g/mol. The number of hydrogen-bond acceptors (Lipinski definition) is 5. The molecule has 1 heterocycles. The number of nitrogens with zero attached hydrogens (tertiary/aromatic N) is 3. The van der Waals surface area contributed by atoms with Crippen molar-refractivity contribution in [1.29, 1.82) is 0 Å². The lowest BCUT2D eigenvalue weighted by Crippen LogP contribution is -2.16. The van der Waals surface area contributed by atoms with Crippen LogP contribution in [0.3, 0.4) is 0 Å². The summed E-state index contributed by atoms with van der Waals surface area (Å²) in [6.07, 6.45) is 2.03. The first-order valence-corrected chi connectivity index (χ1v) is 6.84. The van der Waals surface area contributed by atoms with E-state index in [4.69, 9.17) is 5.73 Å². The molecule has 0 saturated carbocycles. The summed E-state index contributed by atoms with van der Waals surface area (Å²) in [6, 6.07) is 7.93. The fraction of sp³-hybridized carbons (Fsp3) is 0.385. The van der Waals surface area contributed by atoms with Gasteiger partial charge in [0.05, 0.1) is 0 Å². The molecule has 0 unspecified atom stereocenters. The molecule has 0 aliphatic rings. The van der Waals surface area contributed by atoms with Crippen molar-refractivity contribution in [3.05, 3.63) is 35.7 Å². The van der Waals surface area contributed by atoms with E-state index in [-0.39, 0.29) is 0 Å². The van der Waals surface area contributed by atoms with E-state index in [0.717, 1.165) is 36.0 Å². The Kier molecular flexibility index (Phi) is 4.15. The first-order chi connectivity index (χ1) is 8.69. The molecular formula is C13H18N4S. The van der Waals surface area contributed by atoms with E-state index in [1.165, 1.54) is 17.1 Å². The van der Waals surface area contributed by atoms with Crippen molar-refractivity contribution < 1.29 is 0 Å². The average Bonchev–Trinajstić information content (AvgIpc) is 2.78. The van der Waals surface area contributed by atoms with Gasteiger partial charge in [-0.15, -0.1) is 0 Å². The molecule has 0 bridgehead atoms. The summed E-state index contributed by atoms with van der Waals surface area (Å²) >= 11 is 1.45. The monoisotopic (exact) mass is 262 g/mol. The summed E-state index contributed by atoms with van der Waals surface area (Å²) < 4.78 is 4.35. The fourth-order valence-corrected chi connectivity index (χ4v) is 2.43. The number of aryl methyl sites for hydroxylation is 1. The molecule has 0 aliphatic heterocycles. The number of rotatable bonds is 5. The van der Waals surface area contributed by atoms with Crippen LogP contribution >= 0.6 is 11.5 Å². The van der Waals surface area contributed by atoms with Gasteiger partial charge in [-0.3, -0.25) is 0 Å². The summed E-state index contributed by atoms with van der Waals surface area (Å²) in [4.78, 5) is 6.62. The molecule has 0 amide bonds. The van der Waals surface area contributed by atoms with E-state index in [9.17, 15) is 0 Å². The predicted octanol–water partition coefficient (Wildman–Crippen LogP) is 2.71. The Morgan fingerprint density at radius 2 is 2.22 bits per heavy atom. The second-order valence-electron chi connectivity index (χ2n) is 4.34. The van der Waals surface area contributed by atoms with Gasteiger partial charge in [0.25, 0.3) is 0 Å². The van der Waals surface area contributed by atoms with Crippen LogP contribution in [-0.2, 0) is 13.0 Å². The van der Waals surface area contributed by atoms with Crippen LogP contribution in [0.5, 0.6) is 0 Å². The Labute approximate surface area is 112 Å². The molecule has 5 heteroatoms. The van der Waals surface area contributed by atoms with Gasteiger partial charge in [-0.1, -0.05) is 19.1 Å². The molecule has 18 heavy (non-hydrogen) atoms. The van der Waals surface area contributed by atoms with Crippen LogP contribution in [0.1, 0.15) is 24.7 Å². The lowest BCUT2D eigenvalue weighted by molar-refractivity contribution is 0.846. The van der Waals surface area contributed by atoms with Gasteiger partial charge in [-0.25, -0.2) is 4.98 Å². The number of nitrogens with two attached hydrogens (primary N) is 1. The SMILES string of the molecule is CCCc1nsc(N(C)Cc2cccc(N)c2)n1. The Morgan fingerprint density at radius 1 is 1.39 bits per heavy atom. The number of aromatic nitrogens is 2. The van der Waals surface area contributed by atoms with Crippen LogP contribution in [0, 0.1) is 0 Å². The molecule has 0 fully saturated rings. The van der Waals surface area contributed by atoms with E-state index < -0.39 is 0 Å². The highest BCUT2D eigenvalue weighted by molar-refractivity contribution is 7.09. The minimum atomic E-state index is 0.796. The summed E-state index contributed by atoms with van der Waals surface area (Å²) in [5, 5.41) is 0.959. The standard InChI is InChI=1S/C13H18N4S/c1-3-5-12-15-13(18-16-12)17(2)9-10-6-4-7-11(14)8-10/h4,6-8H,3,5,9,14H2,1-2H3. The Bertz CT molecular complexity index is 509. The van der Waals surface area contributed by atoms with Crippen LogP contribution in [0.15, 0.2) is 24.3 Å². The van der Waals surface area contributed by atoms with Gasteiger partial charge in [-0.05, 0) is 24.1 Å². The van der Waals surface area contributed by atoms with Crippen LogP contribution < -0.4 is 10.6 Å². The maximum Gasteiger partial charge on any atom is 0.205 e. The molecule has 1 aromatic carbocycles. The van der Waals surface area contributed by atoms with Crippen LogP contribution in [0.2, 0.25) is 0 Å². The number of anilines is 2. The van der Waals surface area contributed by atoms with Gasteiger partial charge in [0.15, 0.2) is 0 Å². The molecule has 0 spiro atoms. The molecule has 2 rings (SSSR count). The Hall–Kier alpha value is -1.62. The third kappa shape index (κ3) is 3.20. The predicted molar refractivity (Wildman–Crippen MR) is 76.9 cm³/mol. The van der Waals surface area contributed by atoms with E-state index >= 15 is 0 Å². The molecule has 1 aromatic heterocycles. The minimum Gasteiger partial charge on any atom is -0.399 e. The van der Waals surface area contributed by atoms with E-state index in [1.54, 1.807) is 0 Å². The van der Waals surface area contributed by atoms with Crippen LogP contribution in [-0.4, -0.2) is 16.4 Å². The largest absolute Gasteiger partial charge is 0.399 e. The molecule has 2 aromatic rings.